The van der Waals surface area contributed by atoms with E-state index < -0.39 is 0 Å². The van der Waals surface area contributed by atoms with Gasteiger partial charge in [-0.2, -0.15) is 4.98 Å². The number of alkyl halides is 1. The summed E-state index contributed by atoms with van der Waals surface area (Å²) in [5, 5.41) is 0. The van der Waals surface area contributed by atoms with Gasteiger partial charge < -0.3 is 9.30 Å². The first-order chi connectivity index (χ1) is 9.58. The Morgan fingerprint density at radius 1 is 1.45 bits per heavy atom. The molecule has 108 valence electrons. The van der Waals surface area contributed by atoms with E-state index in [4.69, 9.17) is 16.3 Å². The summed E-state index contributed by atoms with van der Waals surface area (Å²) in [5.41, 5.74) is 1.76. The first kappa shape index (κ1) is 13.6. The number of hydrogen-bond donors (Lipinski definition) is 0. The molecule has 0 aromatic carbocycles. The van der Waals surface area contributed by atoms with E-state index in [1.807, 2.05) is 0 Å². The van der Waals surface area contributed by atoms with E-state index in [0.717, 1.165) is 17.9 Å². The van der Waals surface area contributed by atoms with E-state index in [2.05, 4.69) is 33.4 Å². The lowest BCUT2D eigenvalue weighted by Gasteiger charge is -2.29. The molecule has 3 rings (SSSR count). The SMILES string of the molecule is COc1ncnc2c1nc(CCl)n2C1CCCC1(C)C. The van der Waals surface area contributed by atoms with Crippen LogP contribution in [0.2, 0.25) is 0 Å². The van der Waals surface area contributed by atoms with Gasteiger partial charge in [-0.25, -0.2) is 9.97 Å². The first-order valence-corrected chi connectivity index (χ1v) is 7.43. The quantitative estimate of drug-likeness (QED) is 0.815. The van der Waals surface area contributed by atoms with Gasteiger partial charge in [0.25, 0.3) is 0 Å². The van der Waals surface area contributed by atoms with Crippen molar-refractivity contribution >= 4 is 22.8 Å². The van der Waals surface area contributed by atoms with Crippen LogP contribution in [0.15, 0.2) is 6.33 Å². The van der Waals surface area contributed by atoms with Crippen LogP contribution in [-0.4, -0.2) is 26.6 Å². The van der Waals surface area contributed by atoms with Crippen molar-refractivity contribution < 1.29 is 4.74 Å². The maximum absolute atomic E-state index is 6.10. The van der Waals surface area contributed by atoms with Crippen LogP contribution in [0.1, 0.15) is 45.0 Å². The fourth-order valence-corrected chi connectivity index (χ4v) is 3.48. The van der Waals surface area contributed by atoms with Crippen molar-refractivity contribution in [2.45, 2.75) is 45.0 Å². The van der Waals surface area contributed by atoms with Crippen LogP contribution < -0.4 is 4.74 Å². The minimum Gasteiger partial charge on any atom is -0.479 e. The zero-order valence-electron chi connectivity index (χ0n) is 12.1. The Morgan fingerprint density at radius 2 is 2.25 bits per heavy atom. The summed E-state index contributed by atoms with van der Waals surface area (Å²) < 4.78 is 7.48. The van der Waals surface area contributed by atoms with Crippen LogP contribution >= 0.6 is 11.6 Å². The maximum atomic E-state index is 6.10. The lowest BCUT2D eigenvalue weighted by Crippen LogP contribution is -2.23. The monoisotopic (exact) mass is 294 g/mol. The van der Waals surface area contributed by atoms with Gasteiger partial charge in [0, 0.05) is 6.04 Å². The van der Waals surface area contributed by atoms with Gasteiger partial charge in [0.15, 0.2) is 11.2 Å². The van der Waals surface area contributed by atoms with Crippen LogP contribution in [-0.2, 0) is 5.88 Å². The lowest BCUT2D eigenvalue weighted by molar-refractivity contribution is 0.261. The largest absolute Gasteiger partial charge is 0.479 e. The van der Waals surface area contributed by atoms with E-state index in [-0.39, 0.29) is 5.41 Å². The van der Waals surface area contributed by atoms with E-state index in [9.17, 15) is 0 Å². The molecule has 6 heteroatoms. The van der Waals surface area contributed by atoms with Gasteiger partial charge in [-0.1, -0.05) is 20.3 Å². The Kier molecular flexibility index (Phi) is 3.32. The minimum atomic E-state index is 0.229. The Balaban J connectivity index is 2.24. The fourth-order valence-electron chi connectivity index (χ4n) is 3.29. The smallest absolute Gasteiger partial charge is 0.245 e. The van der Waals surface area contributed by atoms with Gasteiger partial charge in [0.1, 0.15) is 12.2 Å². The van der Waals surface area contributed by atoms with Gasteiger partial charge in [-0.05, 0) is 18.3 Å². The number of halogens is 1. The molecule has 0 radical (unpaired) electrons. The van der Waals surface area contributed by atoms with Crippen LogP contribution in [0, 0.1) is 5.41 Å². The van der Waals surface area contributed by atoms with Crippen molar-refractivity contribution in [2.24, 2.45) is 5.41 Å². The molecule has 2 aromatic rings. The summed E-state index contributed by atoms with van der Waals surface area (Å²) in [6.45, 7) is 4.60. The lowest BCUT2D eigenvalue weighted by atomic mass is 9.87. The molecule has 1 saturated carbocycles. The van der Waals surface area contributed by atoms with Crippen molar-refractivity contribution in [3.8, 4) is 5.88 Å². The van der Waals surface area contributed by atoms with Crippen molar-refractivity contribution in [1.82, 2.24) is 19.5 Å². The molecule has 1 atom stereocenters. The molecular weight excluding hydrogens is 276 g/mol. The van der Waals surface area contributed by atoms with Gasteiger partial charge in [0.2, 0.25) is 5.88 Å². The number of aromatic nitrogens is 4. The molecule has 0 N–H and O–H groups in total. The average Bonchev–Trinajstić information content (AvgIpc) is 2.97. The van der Waals surface area contributed by atoms with Gasteiger partial charge >= 0.3 is 0 Å². The van der Waals surface area contributed by atoms with Gasteiger partial charge in [-0.15, -0.1) is 11.6 Å². The number of rotatable bonds is 3. The van der Waals surface area contributed by atoms with Crippen LogP contribution in [0.3, 0.4) is 0 Å². The summed E-state index contributed by atoms with van der Waals surface area (Å²) in [6, 6.07) is 0.376. The molecule has 1 aliphatic carbocycles. The van der Waals surface area contributed by atoms with Crippen LogP contribution in [0.5, 0.6) is 5.88 Å². The van der Waals surface area contributed by atoms with E-state index in [1.165, 1.54) is 19.2 Å². The van der Waals surface area contributed by atoms with Crippen LogP contribution in [0.25, 0.3) is 11.2 Å². The first-order valence-electron chi connectivity index (χ1n) is 6.90. The molecular formula is C14H19ClN4O. The highest BCUT2D eigenvalue weighted by Gasteiger charge is 2.38. The highest BCUT2D eigenvalue weighted by molar-refractivity contribution is 6.16. The normalized spacial score (nSPS) is 21.5. The molecule has 1 fully saturated rings. The second-order valence-electron chi connectivity index (χ2n) is 5.98. The van der Waals surface area contributed by atoms with E-state index in [0.29, 0.717) is 23.3 Å². The highest BCUT2D eigenvalue weighted by atomic mass is 35.5. The molecule has 0 spiro atoms. The topological polar surface area (TPSA) is 52.8 Å². The van der Waals surface area contributed by atoms with Crippen LogP contribution in [0.4, 0.5) is 0 Å². The predicted octanol–water partition coefficient (Wildman–Crippen LogP) is 3.32. The Labute approximate surface area is 123 Å². The predicted molar refractivity (Wildman–Crippen MR) is 78.1 cm³/mol. The molecule has 1 unspecified atom stereocenters. The summed E-state index contributed by atoms with van der Waals surface area (Å²) >= 11 is 6.10. The van der Waals surface area contributed by atoms with E-state index >= 15 is 0 Å². The second kappa shape index (κ2) is 4.88. The maximum Gasteiger partial charge on any atom is 0.245 e. The summed E-state index contributed by atoms with van der Waals surface area (Å²) in [6.07, 6.45) is 5.09. The molecule has 0 aliphatic heterocycles. The molecule has 0 bridgehead atoms. The van der Waals surface area contributed by atoms with E-state index in [1.54, 1.807) is 7.11 Å². The molecule has 20 heavy (non-hydrogen) atoms. The minimum absolute atomic E-state index is 0.229. The summed E-state index contributed by atoms with van der Waals surface area (Å²) in [7, 11) is 1.60. The average molecular weight is 295 g/mol. The number of fused-ring (bicyclic) bond motifs is 1. The van der Waals surface area contributed by atoms with Crippen molar-refractivity contribution in [2.75, 3.05) is 7.11 Å². The molecule has 0 amide bonds. The molecule has 0 saturated heterocycles. The molecule has 2 aromatic heterocycles. The number of nitrogens with zero attached hydrogens (tertiary/aromatic N) is 4. The number of methoxy groups -OCH3 is 1. The van der Waals surface area contributed by atoms with Crippen molar-refractivity contribution in [3.05, 3.63) is 12.2 Å². The third kappa shape index (κ3) is 1.95. The number of hydrogen-bond acceptors (Lipinski definition) is 4. The Hall–Kier alpha value is -1.36. The standard InChI is InChI=1S/C14H19ClN4O/c1-14(2)6-4-5-9(14)19-10(7-15)18-11-12(19)16-8-17-13(11)20-3/h8-9H,4-7H2,1-3H3. The summed E-state index contributed by atoms with van der Waals surface area (Å²) in [5.74, 6) is 1.72. The zero-order chi connectivity index (χ0) is 14.3. The highest BCUT2D eigenvalue weighted by Crippen LogP contribution is 2.47. The molecule has 2 heterocycles. The fraction of sp³-hybridized carbons (Fsp3) is 0.643. The Bertz CT molecular complexity index is 637. The zero-order valence-corrected chi connectivity index (χ0v) is 12.8. The molecule has 5 nitrogen and oxygen atoms in total. The molecule has 1 aliphatic rings. The summed E-state index contributed by atoms with van der Waals surface area (Å²) in [4.78, 5) is 13.1. The third-order valence-corrected chi connectivity index (χ3v) is 4.58. The van der Waals surface area contributed by atoms with Crippen molar-refractivity contribution in [3.63, 3.8) is 0 Å². The van der Waals surface area contributed by atoms with Gasteiger partial charge in [0.05, 0.1) is 13.0 Å². The third-order valence-electron chi connectivity index (χ3n) is 4.34. The van der Waals surface area contributed by atoms with Gasteiger partial charge in [-0.3, -0.25) is 0 Å². The Morgan fingerprint density at radius 3 is 2.85 bits per heavy atom. The number of imidazole rings is 1. The second-order valence-corrected chi connectivity index (χ2v) is 6.25. The van der Waals surface area contributed by atoms with Crippen molar-refractivity contribution in [1.29, 1.82) is 0 Å². The number of ether oxygens (including phenoxy) is 1.